The second kappa shape index (κ2) is 6.18. The molecule has 0 bridgehead atoms. The number of rotatable bonds is 6. The molecule has 1 heteroatoms. The first-order valence-electron chi connectivity index (χ1n) is 5.94. The van der Waals surface area contributed by atoms with Gasteiger partial charge in [-0.25, -0.2) is 0 Å². The zero-order valence-corrected chi connectivity index (χ0v) is 11.2. The van der Waals surface area contributed by atoms with Gasteiger partial charge in [0.15, 0.2) is 0 Å². The fraction of sp³-hybridized carbons (Fsp3) is 0.857. The summed E-state index contributed by atoms with van der Waals surface area (Å²) < 4.78 is 0. The van der Waals surface area contributed by atoms with Crippen LogP contribution in [-0.2, 0) is 0 Å². The maximum Gasteiger partial charge on any atom is 0.0200 e. The lowest BCUT2D eigenvalue weighted by molar-refractivity contribution is 0.207. The highest BCUT2D eigenvalue weighted by Gasteiger charge is 2.25. The van der Waals surface area contributed by atoms with Crippen LogP contribution in [0.1, 0.15) is 41.0 Å². The fourth-order valence-electron chi connectivity index (χ4n) is 2.25. The predicted molar refractivity (Wildman–Crippen MR) is 68.6 cm³/mol. The SMILES string of the molecule is C#CC(C)C(C)C(C)CC(C)(C)CNC. The van der Waals surface area contributed by atoms with E-state index in [1.165, 1.54) is 6.42 Å². The van der Waals surface area contributed by atoms with Crippen LogP contribution in [0.2, 0.25) is 0 Å². The minimum Gasteiger partial charge on any atom is -0.319 e. The zero-order chi connectivity index (χ0) is 12.1. The van der Waals surface area contributed by atoms with Gasteiger partial charge in [-0.2, -0.15) is 0 Å². The first-order valence-corrected chi connectivity index (χ1v) is 5.94. The van der Waals surface area contributed by atoms with Crippen molar-refractivity contribution >= 4 is 0 Å². The molecule has 0 radical (unpaired) electrons. The van der Waals surface area contributed by atoms with E-state index in [2.05, 4.69) is 45.9 Å². The number of hydrogen-bond donors (Lipinski definition) is 1. The van der Waals surface area contributed by atoms with Crippen LogP contribution in [0.25, 0.3) is 0 Å². The molecule has 0 aromatic rings. The van der Waals surface area contributed by atoms with Crippen molar-refractivity contribution in [3.8, 4) is 12.3 Å². The minimum atomic E-state index is 0.358. The van der Waals surface area contributed by atoms with Gasteiger partial charge in [-0.1, -0.05) is 34.6 Å². The van der Waals surface area contributed by atoms with Gasteiger partial charge < -0.3 is 5.32 Å². The molecular weight excluding hydrogens is 182 g/mol. The molecule has 0 fully saturated rings. The molecule has 0 aromatic carbocycles. The van der Waals surface area contributed by atoms with Gasteiger partial charge in [0.1, 0.15) is 0 Å². The molecular formula is C14H27N. The van der Waals surface area contributed by atoms with Crippen molar-refractivity contribution < 1.29 is 0 Å². The van der Waals surface area contributed by atoms with Crippen LogP contribution < -0.4 is 5.32 Å². The topological polar surface area (TPSA) is 12.0 Å². The molecule has 1 nitrogen and oxygen atoms in total. The molecule has 3 unspecified atom stereocenters. The Balaban J connectivity index is 4.24. The summed E-state index contributed by atoms with van der Waals surface area (Å²) in [7, 11) is 2.01. The monoisotopic (exact) mass is 209 g/mol. The molecule has 0 amide bonds. The molecule has 0 spiro atoms. The molecule has 0 aliphatic heterocycles. The predicted octanol–water partition coefficient (Wildman–Crippen LogP) is 3.16. The van der Waals surface area contributed by atoms with E-state index in [0.29, 0.717) is 23.2 Å². The molecule has 15 heavy (non-hydrogen) atoms. The van der Waals surface area contributed by atoms with Gasteiger partial charge in [0.25, 0.3) is 0 Å². The third kappa shape index (κ3) is 5.23. The highest BCUT2D eigenvalue weighted by Crippen LogP contribution is 2.31. The zero-order valence-electron chi connectivity index (χ0n) is 11.2. The molecule has 0 saturated heterocycles. The van der Waals surface area contributed by atoms with E-state index < -0.39 is 0 Å². The van der Waals surface area contributed by atoms with Crippen LogP contribution in [0.3, 0.4) is 0 Å². The summed E-state index contributed by atoms with van der Waals surface area (Å²) in [4.78, 5) is 0. The van der Waals surface area contributed by atoms with Gasteiger partial charge in [-0.05, 0) is 37.3 Å². The van der Waals surface area contributed by atoms with E-state index in [4.69, 9.17) is 6.42 Å². The number of terminal acetylenes is 1. The van der Waals surface area contributed by atoms with Crippen molar-refractivity contribution in [1.29, 1.82) is 0 Å². The number of hydrogen-bond acceptors (Lipinski definition) is 1. The van der Waals surface area contributed by atoms with Crippen LogP contribution in [0.4, 0.5) is 0 Å². The third-order valence-corrected chi connectivity index (χ3v) is 3.48. The van der Waals surface area contributed by atoms with Gasteiger partial charge in [0.2, 0.25) is 0 Å². The van der Waals surface area contributed by atoms with E-state index in [0.717, 1.165) is 6.54 Å². The first kappa shape index (κ1) is 14.5. The standard InChI is InChI=1S/C14H27N/c1-8-11(2)13(4)12(3)9-14(5,6)10-15-7/h1,11-13,15H,9-10H2,2-7H3. The van der Waals surface area contributed by atoms with Crippen LogP contribution in [0, 0.1) is 35.5 Å². The van der Waals surface area contributed by atoms with Crippen molar-refractivity contribution in [3.63, 3.8) is 0 Å². The van der Waals surface area contributed by atoms with Crippen molar-refractivity contribution in [1.82, 2.24) is 5.32 Å². The van der Waals surface area contributed by atoms with Crippen molar-refractivity contribution in [2.24, 2.45) is 23.2 Å². The summed E-state index contributed by atoms with van der Waals surface area (Å²) in [5, 5.41) is 3.26. The molecule has 88 valence electrons. The summed E-state index contributed by atoms with van der Waals surface area (Å²) in [6.45, 7) is 12.4. The van der Waals surface area contributed by atoms with Crippen LogP contribution >= 0.6 is 0 Å². The minimum absolute atomic E-state index is 0.358. The normalized spacial score (nSPS) is 17.9. The van der Waals surface area contributed by atoms with E-state index in [1.807, 2.05) is 7.05 Å². The van der Waals surface area contributed by atoms with Crippen LogP contribution in [0.15, 0.2) is 0 Å². The van der Waals surface area contributed by atoms with Crippen LogP contribution in [-0.4, -0.2) is 13.6 Å². The summed E-state index contributed by atoms with van der Waals surface area (Å²) in [5.74, 6) is 4.51. The first-order chi connectivity index (χ1) is 6.84. The van der Waals surface area contributed by atoms with Crippen molar-refractivity contribution in [2.45, 2.75) is 41.0 Å². The molecule has 0 aromatic heterocycles. The molecule has 0 aliphatic rings. The van der Waals surface area contributed by atoms with Gasteiger partial charge >= 0.3 is 0 Å². The Morgan fingerprint density at radius 2 is 1.80 bits per heavy atom. The summed E-state index contributed by atoms with van der Waals surface area (Å²) in [5.41, 5.74) is 0.358. The molecule has 0 rings (SSSR count). The number of nitrogens with one attached hydrogen (secondary N) is 1. The Morgan fingerprint density at radius 1 is 1.27 bits per heavy atom. The average Bonchev–Trinajstić information content (AvgIpc) is 2.14. The fourth-order valence-corrected chi connectivity index (χ4v) is 2.25. The molecule has 0 heterocycles. The van der Waals surface area contributed by atoms with Gasteiger partial charge in [-0.3, -0.25) is 0 Å². The summed E-state index contributed by atoms with van der Waals surface area (Å²) in [6.07, 6.45) is 6.69. The molecule has 3 atom stereocenters. The van der Waals surface area contributed by atoms with E-state index in [1.54, 1.807) is 0 Å². The maximum absolute atomic E-state index is 5.47. The largest absolute Gasteiger partial charge is 0.319 e. The molecule has 0 aliphatic carbocycles. The van der Waals surface area contributed by atoms with E-state index >= 15 is 0 Å². The lowest BCUT2D eigenvalue weighted by Gasteiger charge is -2.32. The van der Waals surface area contributed by atoms with Crippen molar-refractivity contribution in [2.75, 3.05) is 13.6 Å². The second-order valence-corrected chi connectivity index (χ2v) is 5.69. The third-order valence-electron chi connectivity index (χ3n) is 3.48. The lowest BCUT2D eigenvalue weighted by Crippen LogP contribution is -2.30. The molecule has 1 N–H and O–H groups in total. The van der Waals surface area contributed by atoms with E-state index in [-0.39, 0.29) is 0 Å². The lowest BCUT2D eigenvalue weighted by atomic mass is 9.75. The summed E-state index contributed by atoms with van der Waals surface area (Å²) in [6, 6.07) is 0. The van der Waals surface area contributed by atoms with E-state index in [9.17, 15) is 0 Å². The second-order valence-electron chi connectivity index (χ2n) is 5.69. The quantitative estimate of drug-likeness (QED) is 0.663. The van der Waals surface area contributed by atoms with Gasteiger partial charge in [-0.15, -0.1) is 12.3 Å². The Hall–Kier alpha value is -0.480. The van der Waals surface area contributed by atoms with Crippen molar-refractivity contribution in [3.05, 3.63) is 0 Å². The van der Waals surface area contributed by atoms with Gasteiger partial charge in [0.05, 0.1) is 0 Å². The smallest absolute Gasteiger partial charge is 0.0200 e. The summed E-state index contributed by atoms with van der Waals surface area (Å²) >= 11 is 0. The average molecular weight is 209 g/mol. The Labute approximate surface area is 96.0 Å². The maximum atomic E-state index is 5.47. The Kier molecular flexibility index (Phi) is 5.98. The Morgan fingerprint density at radius 3 is 2.20 bits per heavy atom. The van der Waals surface area contributed by atoms with Gasteiger partial charge in [0, 0.05) is 5.92 Å². The molecule has 0 saturated carbocycles. The Bertz CT molecular complexity index is 212. The highest BCUT2D eigenvalue weighted by atomic mass is 14.8. The van der Waals surface area contributed by atoms with Crippen LogP contribution in [0.5, 0.6) is 0 Å². The highest BCUT2D eigenvalue weighted by molar-refractivity contribution is 4.94.